The smallest absolute Gasteiger partial charge is 0.291 e. The van der Waals surface area contributed by atoms with Crippen molar-refractivity contribution in [2.24, 2.45) is 11.8 Å². The van der Waals surface area contributed by atoms with E-state index in [9.17, 15) is 10.1 Å². The van der Waals surface area contributed by atoms with Gasteiger partial charge in [0.25, 0.3) is 5.69 Å². The Morgan fingerprint density at radius 2 is 2.26 bits per heavy atom. The fourth-order valence-corrected chi connectivity index (χ4v) is 3.87. The second kappa shape index (κ2) is 4.74. The quantitative estimate of drug-likeness (QED) is 0.680. The summed E-state index contributed by atoms with van der Waals surface area (Å²) in [7, 11) is 0. The van der Waals surface area contributed by atoms with Gasteiger partial charge in [0.15, 0.2) is 0 Å². The molecule has 0 aromatic carbocycles. The molecule has 1 heterocycles. The van der Waals surface area contributed by atoms with E-state index in [0.29, 0.717) is 16.1 Å². The van der Waals surface area contributed by atoms with Crippen LogP contribution in [0.5, 0.6) is 0 Å². The zero-order chi connectivity index (χ0) is 13.6. The van der Waals surface area contributed by atoms with Gasteiger partial charge in [-0.2, -0.15) is 0 Å². The summed E-state index contributed by atoms with van der Waals surface area (Å²) in [5.74, 6) is 2.34. The highest BCUT2D eigenvalue weighted by atomic mass is 79.9. The number of rotatable bonds is 3. The Bertz CT molecular complexity index is 535. The standard InChI is InChI=1S/C13H16BrN3O2/c1-7-11(17(18)19)6-15-13(12(7)14)16-10-5-8-2-3-9(10)4-8/h6,8-10H,2-5H2,1H3,(H,15,16). The molecule has 3 unspecified atom stereocenters. The molecule has 5 nitrogen and oxygen atoms in total. The van der Waals surface area contributed by atoms with E-state index in [2.05, 4.69) is 26.2 Å². The minimum Gasteiger partial charge on any atom is -0.366 e. The van der Waals surface area contributed by atoms with Gasteiger partial charge in [-0.15, -0.1) is 0 Å². The molecule has 6 heteroatoms. The van der Waals surface area contributed by atoms with Crippen LogP contribution in [-0.4, -0.2) is 15.9 Å². The molecule has 3 atom stereocenters. The van der Waals surface area contributed by atoms with E-state index in [-0.39, 0.29) is 5.69 Å². The molecule has 2 aliphatic rings. The number of pyridine rings is 1. The Balaban J connectivity index is 1.82. The summed E-state index contributed by atoms with van der Waals surface area (Å²) >= 11 is 3.43. The second-order valence-corrected chi connectivity index (χ2v) is 6.41. The first kappa shape index (κ1) is 12.8. The molecule has 2 saturated carbocycles. The SMILES string of the molecule is Cc1c([N+](=O)[O-])cnc(NC2CC3CCC2C3)c1Br. The fraction of sp³-hybridized carbons (Fsp3) is 0.615. The molecular formula is C13H16BrN3O2. The molecule has 102 valence electrons. The van der Waals surface area contributed by atoms with Crippen molar-refractivity contribution >= 4 is 27.4 Å². The summed E-state index contributed by atoms with van der Waals surface area (Å²) in [4.78, 5) is 14.7. The lowest BCUT2D eigenvalue weighted by Crippen LogP contribution is -2.26. The van der Waals surface area contributed by atoms with Gasteiger partial charge in [0.05, 0.1) is 9.40 Å². The summed E-state index contributed by atoms with van der Waals surface area (Å²) in [5.41, 5.74) is 0.691. The first-order valence-electron chi connectivity index (χ1n) is 6.62. The number of halogens is 1. The van der Waals surface area contributed by atoms with Crippen LogP contribution in [0.25, 0.3) is 0 Å². The van der Waals surface area contributed by atoms with E-state index in [0.717, 1.165) is 17.7 Å². The Labute approximate surface area is 120 Å². The number of hydrogen-bond acceptors (Lipinski definition) is 4. The largest absolute Gasteiger partial charge is 0.366 e. The van der Waals surface area contributed by atoms with E-state index < -0.39 is 4.92 Å². The van der Waals surface area contributed by atoms with Gasteiger partial charge in [-0.1, -0.05) is 6.42 Å². The highest BCUT2D eigenvalue weighted by molar-refractivity contribution is 9.10. The normalized spacial score (nSPS) is 28.6. The number of fused-ring (bicyclic) bond motifs is 2. The highest BCUT2D eigenvalue weighted by Gasteiger charge is 2.39. The summed E-state index contributed by atoms with van der Waals surface area (Å²) in [5, 5.41) is 14.3. The molecule has 1 N–H and O–H groups in total. The maximum atomic E-state index is 10.9. The third-order valence-electron chi connectivity index (χ3n) is 4.49. The zero-order valence-corrected chi connectivity index (χ0v) is 12.3. The molecule has 0 saturated heterocycles. The van der Waals surface area contributed by atoms with Crippen LogP contribution in [0, 0.1) is 28.9 Å². The van der Waals surface area contributed by atoms with Gasteiger partial charge in [0.2, 0.25) is 0 Å². The molecule has 0 aliphatic heterocycles. The molecule has 0 spiro atoms. The van der Waals surface area contributed by atoms with Crippen LogP contribution in [-0.2, 0) is 0 Å². The van der Waals surface area contributed by atoms with E-state index >= 15 is 0 Å². The summed E-state index contributed by atoms with van der Waals surface area (Å²) in [6, 6.07) is 0.475. The second-order valence-electron chi connectivity index (χ2n) is 5.61. The summed E-state index contributed by atoms with van der Waals surface area (Å²) < 4.78 is 0.712. The van der Waals surface area contributed by atoms with Gasteiger partial charge in [-0.25, -0.2) is 4.98 Å². The first-order chi connectivity index (χ1) is 9.06. The van der Waals surface area contributed by atoms with Crippen molar-refractivity contribution < 1.29 is 4.92 Å². The molecule has 0 amide bonds. The maximum absolute atomic E-state index is 10.9. The van der Waals surface area contributed by atoms with Crippen LogP contribution in [0.1, 0.15) is 31.2 Å². The number of nitrogens with zero attached hydrogens (tertiary/aromatic N) is 2. The van der Waals surface area contributed by atoms with Crippen molar-refractivity contribution in [1.29, 1.82) is 0 Å². The molecular weight excluding hydrogens is 310 g/mol. The number of nitrogens with one attached hydrogen (secondary N) is 1. The van der Waals surface area contributed by atoms with Crippen molar-refractivity contribution in [3.8, 4) is 0 Å². The predicted molar refractivity (Wildman–Crippen MR) is 76.2 cm³/mol. The molecule has 1 aromatic heterocycles. The third-order valence-corrected chi connectivity index (χ3v) is 5.46. The number of hydrogen-bond donors (Lipinski definition) is 1. The van der Waals surface area contributed by atoms with E-state index in [1.54, 1.807) is 6.92 Å². The average Bonchev–Trinajstić information content (AvgIpc) is 2.97. The third kappa shape index (κ3) is 2.22. The van der Waals surface area contributed by atoms with Crippen LogP contribution in [0.15, 0.2) is 10.7 Å². The maximum Gasteiger partial charge on any atom is 0.291 e. The number of anilines is 1. The Kier molecular flexibility index (Phi) is 3.20. The lowest BCUT2D eigenvalue weighted by Gasteiger charge is -2.24. The van der Waals surface area contributed by atoms with Gasteiger partial charge in [0, 0.05) is 11.6 Å². The van der Waals surface area contributed by atoms with Gasteiger partial charge in [-0.3, -0.25) is 10.1 Å². The average molecular weight is 326 g/mol. The van der Waals surface area contributed by atoms with Crippen molar-refractivity contribution in [3.05, 3.63) is 26.3 Å². The van der Waals surface area contributed by atoms with Gasteiger partial charge < -0.3 is 5.32 Å². The monoisotopic (exact) mass is 325 g/mol. The lowest BCUT2D eigenvalue weighted by molar-refractivity contribution is -0.385. The Hall–Kier alpha value is -1.17. The Morgan fingerprint density at radius 1 is 1.47 bits per heavy atom. The number of nitro groups is 1. The first-order valence-corrected chi connectivity index (χ1v) is 7.41. The summed E-state index contributed by atoms with van der Waals surface area (Å²) in [6.07, 6.45) is 6.52. The highest BCUT2D eigenvalue weighted by Crippen LogP contribution is 2.46. The molecule has 19 heavy (non-hydrogen) atoms. The van der Waals surface area contributed by atoms with Crippen LogP contribution >= 0.6 is 15.9 Å². The Morgan fingerprint density at radius 3 is 2.84 bits per heavy atom. The van der Waals surface area contributed by atoms with Crippen LogP contribution in [0.2, 0.25) is 0 Å². The van der Waals surface area contributed by atoms with E-state index in [4.69, 9.17) is 0 Å². The van der Waals surface area contributed by atoms with Crippen LogP contribution < -0.4 is 5.32 Å². The van der Waals surface area contributed by atoms with Gasteiger partial charge in [-0.05, 0) is 54.0 Å². The minimum absolute atomic E-state index is 0.0605. The molecule has 3 rings (SSSR count). The molecule has 2 bridgehead atoms. The molecule has 1 aromatic rings. The lowest BCUT2D eigenvalue weighted by atomic mass is 9.95. The summed E-state index contributed by atoms with van der Waals surface area (Å²) in [6.45, 7) is 1.75. The predicted octanol–water partition coefficient (Wildman–Crippen LogP) is 3.66. The van der Waals surface area contributed by atoms with Crippen molar-refractivity contribution in [1.82, 2.24) is 4.98 Å². The fourth-order valence-electron chi connectivity index (χ4n) is 3.45. The van der Waals surface area contributed by atoms with Crippen LogP contribution in [0.4, 0.5) is 11.5 Å². The van der Waals surface area contributed by atoms with E-state index in [1.165, 1.54) is 31.9 Å². The topological polar surface area (TPSA) is 68.1 Å². The van der Waals surface area contributed by atoms with Crippen molar-refractivity contribution in [3.63, 3.8) is 0 Å². The molecule has 2 aliphatic carbocycles. The van der Waals surface area contributed by atoms with Gasteiger partial charge >= 0.3 is 0 Å². The van der Waals surface area contributed by atoms with Crippen molar-refractivity contribution in [2.75, 3.05) is 5.32 Å². The minimum atomic E-state index is -0.394. The van der Waals surface area contributed by atoms with Crippen molar-refractivity contribution in [2.45, 2.75) is 38.6 Å². The van der Waals surface area contributed by atoms with E-state index in [1.807, 2.05) is 0 Å². The number of aromatic nitrogens is 1. The van der Waals surface area contributed by atoms with Crippen LogP contribution in [0.3, 0.4) is 0 Å². The molecule has 0 radical (unpaired) electrons. The van der Waals surface area contributed by atoms with Gasteiger partial charge in [0.1, 0.15) is 12.0 Å². The molecule has 2 fully saturated rings. The zero-order valence-electron chi connectivity index (χ0n) is 10.7.